The molecule has 0 saturated heterocycles. The van der Waals surface area contributed by atoms with E-state index in [1.54, 1.807) is 0 Å². The van der Waals surface area contributed by atoms with Crippen LogP contribution in [0.25, 0.3) is 0 Å². The smallest absolute Gasteiger partial charge is 0.298 e. The van der Waals surface area contributed by atoms with Crippen LogP contribution in [0.15, 0.2) is 0 Å². The Labute approximate surface area is 92.9 Å². The molecule has 0 bridgehead atoms. The molecule has 3 nitrogen and oxygen atoms in total. The third-order valence-corrected chi connectivity index (χ3v) is 1.19. The zero-order valence-corrected chi connectivity index (χ0v) is 10.2. The second-order valence-electron chi connectivity index (χ2n) is 2.38. The summed E-state index contributed by atoms with van der Waals surface area (Å²) in [5, 5.41) is 0. The molecular weight excluding hydrogens is 235 g/mol. The molecule has 0 aromatic carbocycles. The molecule has 12 heavy (non-hydrogen) atoms. The minimum Gasteiger partial charge on any atom is -0.298 e. The van der Waals surface area contributed by atoms with E-state index in [9.17, 15) is 4.79 Å². The molecule has 0 aliphatic heterocycles. The van der Waals surface area contributed by atoms with E-state index < -0.39 is 0 Å². The zero-order valence-electron chi connectivity index (χ0n) is 7.76. The third kappa shape index (κ3) is 10.3. The second-order valence-corrected chi connectivity index (χ2v) is 2.38. The van der Waals surface area contributed by atoms with Gasteiger partial charge in [-0.3, -0.25) is 4.89 Å². The van der Waals surface area contributed by atoms with Gasteiger partial charge in [-0.25, -0.2) is 4.79 Å². The standard InChI is InChI=1S/C8H16O3.Zr/c1-3-5-7-10-11-8(9)6-4-2;/h3-7H2,1-2H3;. The van der Waals surface area contributed by atoms with Crippen LogP contribution in [0, 0.1) is 0 Å². The van der Waals surface area contributed by atoms with Crippen LogP contribution < -0.4 is 0 Å². The quantitative estimate of drug-likeness (QED) is 0.412. The largest absolute Gasteiger partial charge is 0.342 e. The molecule has 0 N–H and O–H groups in total. The van der Waals surface area contributed by atoms with Crippen LogP contribution in [0.3, 0.4) is 0 Å². The van der Waals surface area contributed by atoms with Gasteiger partial charge in [0.25, 0.3) is 0 Å². The minimum atomic E-state index is -0.274. The van der Waals surface area contributed by atoms with Gasteiger partial charge in [-0.15, -0.1) is 0 Å². The maximum Gasteiger partial charge on any atom is 0.342 e. The van der Waals surface area contributed by atoms with Crippen molar-refractivity contribution in [2.45, 2.75) is 39.5 Å². The molecule has 0 radical (unpaired) electrons. The molecular formula is C8H16O3Zr. The predicted molar refractivity (Wildman–Crippen MR) is 41.9 cm³/mol. The van der Waals surface area contributed by atoms with E-state index in [0.29, 0.717) is 13.0 Å². The van der Waals surface area contributed by atoms with Crippen molar-refractivity contribution in [1.82, 2.24) is 0 Å². The molecule has 0 spiro atoms. The van der Waals surface area contributed by atoms with Crippen molar-refractivity contribution >= 4 is 5.97 Å². The van der Waals surface area contributed by atoms with E-state index in [4.69, 9.17) is 0 Å². The number of hydrogen-bond donors (Lipinski definition) is 0. The van der Waals surface area contributed by atoms with Crippen molar-refractivity contribution in [3.63, 3.8) is 0 Å². The van der Waals surface area contributed by atoms with Crippen LogP contribution >= 0.6 is 0 Å². The average molecular weight is 251 g/mol. The topological polar surface area (TPSA) is 35.5 Å². The Hall–Kier alpha value is 0.313. The Morgan fingerprint density at radius 2 is 1.92 bits per heavy atom. The molecule has 0 aliphatic rings. The summed E-state index contributed by atoms with van der Waals surface area (Å²) < 4.78 is 0. The Morgan fingerprint density at radius 3 is 2.42 bits per heavy atom. The number of rotatable bonds is 6. The monoisotopic (exact) mass is 250 g/mol. The molecule has 0 atom stereocenters. The van der Waals surface area contributed by atoms with E-state index >= 15 is 0 Å². The minimum absolute atomic E-state index is 0. The molecule has 0 amide bonds. The summed E-state index contributed by atoms with van der Waals surface area (Å²) in [6, 6.07) is 0. The van der Waals surface area contributed by atoms with E-state index in [1.807, 2.05) is 6.92 Å². The second kappa shape index (κ2) is 11.3. The van der Waals surface area contributed by atoms with Crippen molar-refractivity contribution < 1.29 is 40.8 Å². The van der Waals surface area contributed by atoms with Crippen molar-refractivity contribution in [3.8, 4) is 0 Å². The Morgan fingerprint density at radius 1 is 1.25 bits per heavy atom. The van der Waals surface area contributed by atoms with E-state index in [-0.39, 0.29) is 32.2 Å². The number of unbranched alkanes of at least 4 members (excludes halogenated alkanes) is 1. The first-order valence-corrected chi connectivity index (χ1v) is 4.13. The average Bonchev–Trinajstić information content (AvgIpc) is 1.99. The van der Waals surface area contributed by atoms with Crippen LogP contribution in [0.2, 0.25) is 0 Å². The van der Waals surface area contributed by atoms with Crippen molar-refractivity contribution in [2.75, 3.05) is 6.61 Å². The molecule has 0 aromatic heterocycles. The molecule has 0 saturated carbocycles. The van der Waals surface area contributed by atoms with Crippen LogP contribution in [0.4, 0.5) is 0 Å². The fraction of sp³-hybridized carbons (Fsp3) is 0.875. The molecule has 0 aliphatic carbocycles. The summed E-state index contributed by atoms with van der Waals surface area (Å²) in [5.74, 6) is -0.274. The molecule has 0 aromatic rings. The SMILES string of the molecule is CCCCOOC(=O)CCC.[Zr]. The summed E-state index contributed by atoms with van der Waals surface area (Å²) in [6.07, 6.45) is 3.22. The normalized spacial score (nSPS) is 8.83. The first-order chi connectivity index (χ1) is 5.31. The van der Waals surface area contributed by atoms with Crippen LogP contribution in [0.1, 0.15) is 39.5 Å². The maximum absolute atomic E-state index is 10.7. The Balaban J connectivity index is 0. The van der Waals surface area contributed by atoms with Crippen molar-refractivity contribution in [2.24, 2.45) is 0 Å². The van der Waals surface area contributed by atoms with E-state index in [2.05, 4.69) is 16.7 Å². The van der Waals surface area contributed by atoms with E-state index in [0.717, 1.165) is 19.3 Å². The molecule has 0 unspecified atom stereocenters. The fourth-order valence-corrected chi connectivity index (χ4v) is 0.556. The Kier molecular flexibility index (Phi) is 14.0. The van der Waals surface area contributed by atoms with Gasteiger partial charge in [0.2, 0.25) is 0 Å². The van der Waals surface area contributed by atoms with Crippen molar-refractivity contribution in [1.29, 1.82) is 0 Å². The molecule has 0 rings (SSSR count). The molecule has 4 heteroatoms. The van der Waals surface area contributed by atoms with Crippen LogP contribution in [0.5, 0.6) is 0 Å². The van der Waals surface area contributed by atoms with Gasteiger partial charge in [-0.05, 0) is 12.8 Å². The predicted octanol–water partition coefficient (Wildman–Crippen LogP) is 2.06. The summed E-state index contributed by atoms with van der Waals surface area (Å²) >= 11 is 0. The number of hydrogen-bond acceptors (Lipinski definition) is 3. The van der Waals surface area contributed by atoms with Crippen molar-refractivity contribution in [3.05, 3.63) is 0 Å². The van der Waals surface area contributed by atoms with Crippen LogP contribution in [-0.2, 0) is 40.8 Å². The zero-order chi connectivity index (χ0) is 8.53. The molecule has 70 valence electrons. The van der Waals surface area contributed by atoms with Gasteiger partial charge >= 0.3 is 5.97 Å². The van der Waals surface area contributed by atoms with Gasteiger partial charge in [-0.1, -0.05) is 20.3 Å². The number of carbonyl (C=O) groups is 1. The van der Waals surface area contributed by atoms with Gasteiger partial charge in [0.15, 0.2) is 0 Å². The van der Waals surface area contributed by atoms with Gasteiger partial charge in [0, 0.05) is 32.6 Å². The van der Waals surface area contributed by atoms with Gasteiger partial charge in [-0.2, -0.15) is 4.89 Å². The van der Waals surface area contributed by atoms with Crippen LogP contribution in [-0.4, -0.2) is 12.6 Å². The fourth-order valence-electron chi connectivity index (χ4n) is 0.556. The number of carbonyl (C=O) groups excluding carboxylic acids is 1. The summed E-state index contributed by atoms with van der Waals surface area (Å²) in [7, 11) is 0. The summed E-state index contributed by atoms with van der Waals surface area (Å²) in [4.78, 5) is 19.7. The summed E-state index contributed by atoms with van der Waals surface area (Å²) in [6.45, 7) is 4.48. The van der Waals surface area contributed by atoms with Gasteiger partial charge in [0.1, 0.15) is 0 Å². The third-order valence-electron chi connectivity index (χ3n) is 1.19. The van der Waals surface area contributed by atoms with Gasteiger partial charge < -0.3 is 0 Å². The summed E-state index contributed by atoms with van der Waals surface area (Å²) in [5.41, 5.74) is 0. The Bertz CT molecular complexity index is 106. The van der Waals surface area contributed by atoms with Gasteiger partial charge in [0.05, 0.1) is 6.61 Å². The molecule has 0 heterocycles. The molecule has 0 fully saturated rings. The maximum atomic E-state index is 10.7. The first kappa shape index (κ1) is 14.8. The first-order valence-electron chi connectivity index (χ1n) is 4.13. The van der Waals surface area contributed by atoms with E-state index in [1.165, 1.54) is 0 Å².